The summed E-state index contributed by atoms with van der Waals surface area (Å²) in [6.07, 6.45) is 1.12. The second kappa shape index (κ2) is 5.91. The van der Waals surface area contributed by atoms with E-state index in [0.29, 0.717) is 6.42 Å². The van der Waals surface area contributed by atoms with Crippen LogP contribution in [0.15, 0.2) is 23.2 Å². The summed E-state index contributed by atoms with van der Waals surface area (Å²) in [6, 6.07) is 4.57. The lowest BCUT2D eigenvalue weighted by Crippen LogP contribution is -2.30. The SMILES string of the molecule is CC(O)CCN(C)S(=O)(=O)c1cccnc1C#N. The summed E-state index contributed by atoms with van der Waals surface area (Å²) in [4.78, 5) is 3.61. The molecule has 0 amide bonds. The lowest BCUT2D eigenvalue weighted by molar-refractivity contribution is 0.177. The van der Waals surface area contributed by atoms with Gasteiger partial charge >= 0.3 is 0 Å². The van der Waals surface area contributed by atoms with Crippen molar-refractivity contribution in [2.24, 2.45) is 0 Å². The van der Waals surface area contributed by atoms with E-state index in [-0.39, 0.29) is 17.1 Å². The van der Waals surface area contributed by atoms with E-state index < -0.39 is 16.1 Å². The zero-order chi connectivity index (χ0) is 13.8. The standard InChI is InChI=1S/C11H15N3O3S/c1-9(15)5-7-14(2)18(16,17)11-4-3-6-13-10(11)8-12/h3-4,6,9,15H,5,7H2,1-2H3. The van der Waals surface area contributed by atoms with Gasteiger partial charge in [0.05, 0.1) is 6.10 Å². The molecule has 1 atom stereocenters. The maximum Gasteiger partial charge on any atom is 0.245 e. The van der Waals surface area contributed by atoms with Crippen molar-refractivity contribution in [3.63, 3.8) is 0 Å². The van der Waals surface area contributed by atoms with Crippen molar-refractivity contribution in [2.45, 2.75) is 24.3 Å². The molecule has 0 aliphatic heterocycles. The molecule has 18 heavy (non-hydrogen) atoms. The molecule has 0 radical (unpaired) electrons. The first-order valence-electron chi connectivity index (χ1n) is 5.39. The molecule has 0 aliphatic carbocycles. The minimum Gasteiger partial charge on any atom is -0.393 e. The Hall–Kier alpha value is -1.49. The van der Waals surface area contributed by atoms with Crippen LogP contribution in [-0.4, -0.2) is 42.5 Å². The van der Waals surface area contributed by atoms with Crippen LogP contribution in [-0.2, 0) is 10.0 Å². The maximum atomic E-state index is 12.2. The van der Waals surface area contributed by atoms with Crippen LogP contribution < -0.4 is 0 Å². The normalized spacial score (nSPS) is 13.3. The molecule has 98 valence electrons. The van der Waals surface area contributed by atoms with Gasteiger partial charge in [-0.05, 0) is 25.5 Å². The van der Waals surface area contributed by atoms with Gasteiger partial charge in [0.2, 0.25) is 10.0 Å². The fraction of sp³-hybridized carbons (Fsp3) is 0.455. The van der Waals surface area contributed by atoms with Crippen molar-refractivity contribution < 1.29 is 13.5 Å². The number of aromatic nitrogens is 1. The molecule has 1 N–H and O–H groups in total. The number of aliphatic hydroxyl groups excluding tert-OH is 1. The van der Waals surface area contributed by atoms with Crippen LogP contribution in [0.1, 0.15) is 19.0 Å². The number of sulfonamides is 1. The molecule has 6 nitrogen and oxygen atoms in total. The zero-order valence-corrected chi connectivity index (χ0v) is 11.1. The Labute approximate surface area is 107 Å². The van der Waals surface area contributed by atoms with Crippen LogP contribution in [0.25, 0.3) is 0 Å². The van der Waals surface area contributed by atoms with Gasteiger partial charge in [-0.2, -0.15) is 5.26 Å². The highest BCUT2D eigenvalue weighted by atomic mass is 32.2. The summed E-state index contributed by atoms with van der Waals surface area (Å²) in [6.45, 7) is 1.77. The molecule has 0 fully saturated rings. The van der Waals surface area contributed by atoms with Gasteiger partial charge in [0.15, 0.2) is 5.69 Å². The zero-order valence-electron chi connectivity index (χ0n) is 10.2. The van der Waals surface area contributed by atoms with Crippen molar-refractivity contribution >= 4 is 10.0 Å². The Balaban J connectivity index is 3.03. The average Bonchev–Trinajstić information content (AvgIpc) is 2.35. The van der Waals surface area contributed by atoms with Crippen molar-refractivity contribution in [1.29, 1.82) is 5.26 Å². The van der Waals surface area contributed by atoms with E-state index in [9.17, 15) is 8.42 Å². The Bertz CT molecular complexity index is 549. The lowest BCUT2D eigenvalue weighted by Gasteiger charge is -2.18. The fourth-order valence-electron chi connectivity index (χ4n) is 1.34. The van der Waals surface area contributed by atoms with E-state index in [1.807, 2.05) is 0 Å². The average molecular weight is 269 g/mol. The summed E-state index contributed by atoms with van der Waals surface area (Å²) in [5, 5.41) is 18.0. The lowest BCUT2D eigenvalue weighted by atomic mass is 10.3. The highest BCUT2D eigenvalue weighted by molar-refractivity contribution is 7.89. The summed E-state index contributed by atoms with van der Waals surface area (Å²) >= 11 is 0. The van der Waals surface area contributed by atoms with E-state index in [1.54, 1.807) is 13.0 Å². The first-order valence-corrected chi connectivity index (χ1v) is 6.83. The smallest absolute Gasteiger partial charge is 0.245 e. The Morgan fingerprint density at radius 3 is 2.83 bits per heavy atom. The first-order chi connectivity index (χ1) is 8.39. The number of nitriles is 1. The number of hydrogen-bond donors (Lipinski definition) is 1. The third-order valence-corrected chi connectivity index (χ3v) is 4.32. The molecule has 1 heterocycles. The van der Waals surface area contributed by atoms with Gasteiger partial charge in [0, 0.05) is 19.8 Å². The molecule has 7 heteroatoms. The minimum atomic E-state index is -3.74. The molecule has 1 aromatic heterocycles. The van der Waals surface area contributed by atoms with Crippen LogP contribution >= 0.6 is 0 Å². The number of pyridine rings is 1. The van der Waals surface area contributed by atoms with Gasteiger partial charge < -0.3 is 5.11 Å². The van der Waals surface area contributed by atoms with Crippen LogP contribution in [0.5, 0.6) is 0 Å². The molecule has 1 unspecified atom stereocenters. The summed E-state index contributed by atoms with van der Waals surface area (Å²) in [5.74, 6) is 0. The van der Waals surface area contributed by atoms with Gasteiger partial charge in [-0.1, -0.05) is 0 Å². The predicted octanol–water partition coefficient (Wildman–Crippen LogP) is 0.345. The molecule has 0 saturated heterocycles. The van der Waals surface area contributed by atoms with Crippen LogP contribution in [0, 0.1) is 11.3 Å². The Kier molecular flexibility index (Phi) is 4.78. The fourth-order valence-corrected chi connectivity index (χ4v) is 2.61. The topological polar surface area (TPSA) is 94.3 Å². The third-order valence-electron chi connectivity index (χ3n) is 2.43. The van der Waals surface area contributed by atoms with Gasteiger partial charge in [0.25, 0.3) is 0 Å². The highest BCUT2D eigenvalue weighted by Gasteiger charge is 2.24. The van der Waals surface area contributed by atoms with Crippen LogP contribution in [0.2, 0.25) is 0 Å². The van der Waals surface area contributed by atoms with Crippen molar-refractivity contribution in [2.75, 3.05) is 13.6 Å². The summed E-state index contributed by atoms with van der Waals surface area (Å²) in [7, 11) is -2.33. The monoisotopic (exact) mass is 269 g/mol. The molecule has 1 aromatic rings. The molecule has 0 spiro atoms. The number of aliphatic hydroxyl groups is 1. The second-order valence-electron chi connectivity index (χ2n) is 3.93. The maximum absolute atomic E-state index is 12.2. The van der Waals surface area contributed by atoms with E-state index in [2.05, 4.69) is 4.98 Å². The summed E-state index contributed by atoms with van der Waals surface area (Å²) in [5.41, 5.74) is -0.124. The quantitative estimate of drug-likeness (QED) is 0.832. The number of nitrogens with zero attached hydrogens (tertiary/aromatic N) is 3. The van der Waals surface area contributed by atoms with Gasteiger partial charge in [-0.3, -0.25) is 0 Å². The van der Waals surface area contributed by atoms with Gasteiger partial charge in [-0.25, -0.2) is 17.7 Å². The predicted molar refractivity (Wildman–Crippen MR) is 65.1 cm³/mol. The Morgan fingerprint density at radius 2 is 2.28 bits per heavy atom. The largest absolute Gasteiger partial charge is 0.393 e. The molecule has 1 rings (SSSR count). The van der Waals surface area contributed by atoms with Crippen LogP contribution in [0.4, 0.5) is 0 Å². The summed E-state index contributed by atoms with van der Waals surface area (Å²) < 4.78 is 25.5. The third kappa shape index (κ3) is 3.26. The second-order valence-corrected chi connectivity index (χ2v) is 5.94. The van der Waals surface area contributed by atoms with E-state index in [0.717, 1.165) is 4.31 Å². The van der Waals surface area contributed by atoms with E-state index >= 15 is 0 Å². The van der Waals surface area contributed by atoms with Crippen molar-refractivity contribution in [1.82, 2.24) is 9.29 Å². The molecule has 0 aliphatic rings. The van der Waals surface area contributed by atoms with E-state index in [4.69, 9.17) is 10.4 Å². The van der Waals surface area contributed by atoms with Crippen LogP contribution in [0.3, 0.4) is 0 Å². The van der Waals surface area contributed by atoms with Crippen molar-refractivity contribution in [3.8, 4) is 6.07 Å². The van der Waals surface area contributed by atoms with Crippen molar-refractivity contribution in [3.05, 3.63) is 24.0 Å². The molecular formula is C11H15N3O3S. The molecule has 0 saturated carbocycles. The van der Waals surface area contributed by atoms with Gasteiger partial charge in [-0.15, -0.1) is 0 Å². The molecule has 0 aromatic carbocycles. The van der Waals surface area contributed by atoms with Gasteiger partial charge in [0.1, 0.15) is 11.0 Å². The highest BCUT2D eigenvalue weighted by Crippen LogP contribution is 2.17. The molecule has 0 bridgehead atoms. The Morgan fingerprint density at radius 1 is 1.61 bits per heavy atom. The number of rotatable bonds is 5. The minimum absolute atomic E-state index is 0.111. The number of hydrogen-bond acceptors (Lipinski definition) is 5. The van der Waals surface area contributed by atoms with E-state index in [1.165, 1.54) is 25.4 Å². The molecular weight excluding hydrogens is 254 g/mol. The first kappa shape index (κ1) is 14.6.